The van der Waals surface area contributed by atoms with Crippen molar-refractivity contribution in [2.75, 3.05) is 9.80 Å². The average Bonchev–Trinajstić information content (AvgIpc) is 3.61. The van der Waals surface area contributed by atoms with Crippen LogP contribution in [0.4, 0.5) is 34.1 Å². The van der Waals surface area contributed by atoms with Gasteiger partial charge in [-0.05, 0) is 160 Å². The Morgan fingerprint density at radius 2 is 0.871 bits per heavy atom. The van der Waals surface area contributed by atoms with Crippen LogP contribution < -0.4 is 9.80 Å². The van der Waals surface area contributed by atoms with Crippen molar-refractivity contribution in [3.8, 4) is 11.1 Å². The molecule has 1 spiro atoms. The van der Waals surface area contributed by atoms with E-state index in [1.165, 1.54) is 115 Å². The Hall–Kier alpha value is -6.90. The molecule has 0 aliphatic heterocycles. The molecule has 4 saturated carbocycles. The molecule has 15 rings (SSSR count). The van der Waals surface area contributed by atoms with E-state index in [4.69, 9.17) is 0 Å². The highest BCUT2D eigenvalue weighted by Crippen LogP contribution is 2.69. The van der Waals surface area contributed by atoms with Gasteiger partial charge in [0.2, 0.25) is 0 Å². The molecule has 10 aromatic rings. The Balaban J connectivity index is 0.982. The molecule has 296 valence electrons. The smallest absolute Gasteiger partial charge is 0.0540 e. The van der Waals surface area contributed by atoms with E-state index < -0.39 is 0 Å². The van der Waals surface area contributed by atoms with Gasteiger partial charge in [0.15, 0.2) is 0 Å². The quantitative estimate of drug-likeness (QED) is 0.155. The van der Waals surface area contributed by atoms with E-state index in [1.807, 2.05) is 0 Å². The van der Waals surface area contributed by atoms with Crippen molar-refractivity contribution < 1.29 is 0 Å². The van der Waals surface area contributed by atoms with E-state index in [0.29, 0.717) is 0 Å². The van der Waals surface area contributed by atoms with E-state index >= 15 is 0 Å². The first kappa shape index (κ1) is 34.8. The molecule has 10 aromatic carbocycles. The molecule has 0 aromatic heterocycles. The van der Waals surface area contributed by atoms with E-state index in [9.17, 15) is 0 Å². The van der Waals surface area contributed by atoms with Crippen molar-refractivity contribution in [3.63, 3.8) is 0 Å². The third kappa shape index (κ3) is 4.76. The highest BCUT2D eigenvalue weighted by molar-refractivity contribution is 6.28. The molecule has 0 unspecified atom stereocenters. The number of anilines is 6. The third-order valence-electron chi connectivity index (χ3n) is 15.9. The highest BCUT2D eigenvalue weighted by atomic mass is 15.2. The van der Waals surface area contributed by atoms with Crippen LogP contribution >= 0.6 is 0 Å². The summed E-state index contributed by atoms with van der Waals surface area (Å²) in [5.41, 5.74) is 13.4. The fourth-order valence-corrected chi connectivity index (χ4v) is 13.8. The second-order valence-corrected chi connectivity index (χ2v) is 18.9. The maximum absolute atomic E-state index is 2.57. The van der Waals surface area contributed by atoms with Crippen molar-refractivity contribution in [2.45, 2.75) is 37.5 Å². The van der Waals surface area contributed by atoms with Gasteiger partial charge in [-0.15, -0.1) is 0 Å². The summed E-state index contributed by atoms with van der Waals surface area (Å²) in [6.45, 7) is 0. The van der Waals surface area contributed by atoms with Crippen molar-refractivity contribution in [2.24, 2.45) is 23.7 Å². The predicted molar refractivity (Wildman–Crippen MR) is 260 cm³/mol. The van der Waals surface area contributed by atoms with Gasteiger partial charge in [-0.3, -0.25) is 0 Å². The summed E-state index contributed by atoms with van der Waals surface area (Å²) in [5, 5.41) is 10.1. The first-order valence-electron chi connectivity index (χ1n) is 22.9. The second-order valence-electron chi connectivity index (χ2n) is 18.9. The van der Waals surface area contributed by atoms with Gasteiger partial charge in [-0.25, -0.2) is 0 Å². The van der Waals surface area contributed by atoms with Crippen molar-refractivity contribution in [1.29, 1.82) is 0 Å². The molecule has 0 saturated heterocycles. The maximum atomic E-state index is 2.57. The Kier molecular flexibility index (Phi) is 7.32. The van der Waals surface area contributed by atoms with Crippen LogP contribution in [-0.4, -0.2) is 0 Å². The molecule has 0 N–H and O–H groups in total. The monoisotopic (exact) mass is 794 g/mol. The summed E-state index contributed by atoms with van der Waals surface area (Å²) in [6, 6.07) is 73.2. The van der Waals surface area contributed by atoms with Gasteiger partial charge >= 0.3 is 0 Å². The SMILES string of the molecule is c1ccc(N(c2ccc3c(c2)-c2ccccc2C32C3CC4CC(C3)CC2C4)c2ccc3ccc4c(N(c5ccccc5)c5cccc6ccccc56)ccc5ccc2c3c54)cc1. The molecule has 0 radical (unpaired) electrons. The van der Waals surface area contributed by atoms with Crippen LogP contribution in [0.3, 0.4) is 0 Å². The first-order valence-corrected chi connectivity index (χ1v) is 22.9. The summed E-state index contributed by atoms with van der Waals surface area (Å²) >= 11 is 0. The van der Waals surface area contributed by atoms with E-state index in [1.54, 1.807) is 11.1 Å². The fraction of sp³-hybridized carbons (Fsp3) is 0.167. The van der Waals surface area contributed by atoms with Gasteiger partial charge < -0.3 is 9.80 Å². The zero-order valence-electron chi connectivity index (χ0n) is 34.7. The molecule has 4 bridgehead atoms. The lowest BCUT2D eigenvalue weighted by molar-refractivity contribution is -0.0399. The summed E-state index contributed by atoms with van der Waals surface area (Å²) in [4.78, 5) is 4.99. The largest absolute Gasteiger partial charge is 0.310 e. The minimum Gasteiger partial charge on any atom is -0.310 e. The Morgan fingerprint density at radius 1 is 0.339 bits per heavy atom. The normalized spacial score (nSPS) is 21.9. The molecule has 5 aliphatic carbocycles. The third-order valence-corrected chi connectivity index (χ3v) is 15.9. The maximum Gasteiger partial charge on any atom is 0.0540 e. The van der Waals surface area contributed by atoms with Gasteiger partial charge in [-0.1, -0.05) is 140 Å². The molecule has 0 atom stereocenters. The zero-order valence-corrected chi connectivity index (χ0v) is 34.7. The first-order chi connectivity index (χ1) is 30.7. The van der Waals surface area contributed by atoms with Crippen LogP contribution in [0, 0.1) is 23.7 Å². The lowest BCUT2D eigenvalue weighted by Gasteiger charge is -2.61. The van der Waals surface area contributed by atoms with Crippen LogP contribution in [0.25, 0.3) is 54.2 Å². The number of para-hydroxylation sites is 2. The molecule has 2 nitrogen and oxygen atoms in total. The zero-order chi connectivity index (χ0) is 40.5. The highest BCUT2D eigenvalue weighted by Gasteiger charge is 2.61. The van der Waals surface area contributed by atoms with Crippen molar-refractivity contribution >= 4 is 77.2 Å². The molecule has 0 heterocycles. The average molecular weight is 795 g/mol. The van der Waals surface area contributed by atoms with Gasteiger partial charge in [-0.2, -0.15) is 0 Å². The summed E-state index contributed by atoms with van der Waals surface area (Å²) < 4.78 is 0. The summed E-state index contributed by atoms with van der Waals surface area (Å²) in [7, 11) is 0. The van der Waals surface area contributed by atoms with Crippen LogP contribution in [0.1, 0.15) is 43.2 Å². The van der Waals surface area contributed by atoms with Crippen LogP contribution in [-0.2, 0) is 5.41 Å². The molecule has 5 aliphatic rings. The lowest BCUT2D eigenvalue weighted by atomic mass is 9.43. The molecule has 62 heavy (non-hydrogen) atoms. The van der Waals surface area contributed by atoms with Gasteiger partial charge in [0, 0.05) is 38.6 Å². The molecular formula is C60H46N2. The fourth-order valence-electron chi connectivity index (χ4n) is 13.8. The Labute approximate surface area is 363 Å². The van der Waals surface area contributed by atoms with E-state index in [-0.39, 0.29) is 5.41 Å². The van der Waals surface area contributed by atoms with Gasteiger partial charge in [0.25, 0.3) is 0 Å². The number of benzene rings is 10. The Morgan fingerprint density at radius 3 is 1.56 bits per heavy atom. The number of nitrogens with zero attached hydrogens (tertiary/aromatic N) is 2. The number of hydrogen-bond donors (Lipinski definition) is 0. The predicted octanol–water partition coefficient (Wildman–Crippen LogP) is 16.4. The van der Waals surface area contributed by atoms with Gasteiger partial charge in [0.1, 0.15) is 0 Å². The topological polar surface area (TPSA) is 6.48 Å². The Bertz CT molecular complexity index is 3350. The number of rotatable bonds is 6. The molecule has 2 heteroatoms. The summed E-state index contributed by atoms with van der Waals surface area (Å²) in [5.74, 6) is 3.35. The van der Waals surface area contributed by atoms with Crippen LogP contribution in [0.15, 0.2) is 194 Å². The standard InChI is InChI=1S/C60H46N2/c1-3-14-45(15-4-1)61(47-26-29-54-52(37-47)49-19-9-10-20-53(49)60(54)43-33-38-32-39(35-43)36-44(60)34-38)56-30-24-41-23-28-51-57(31-25-42-22-27-50(56)58(41)59(42)51)62(46-16-5-2-6-17-46)55-21-11-13-40-12-7-8-18-48(40)55/h1-31,37-39,43-44H,32-36H2. The van der Waals surface area contributed by atoms with Crippen molar-refractivity contribution in [1.82, 2.24) is 0 Å². The number of fused-ring (bicyclic) bond motifs is 4. The minimum absolute atomic E-state index is 0.153. The molecule has 0 amide bonds. The number of hydrogen-bond acceptors (Lipinski definition) is 2. The lowest BCUT2D eigenvalue weighted by Crippen LogP contribution is -2.55. The van der Waals surface area contributed by atoms with Crippen LogP contribution in [0.2, 0.25) is 0 Å². The van der Waals surface area contributed by atoms with Gasteiger partial charge in [0.05, 0.1) is 17.1 Å². The molecular weight excluding hydrogens is 749 g/mol. The second kappa shape index (κ2) is 13.1. The summed E-state index contributed by atoms with van der Waals surface area (Å²) in [6.07, 6.45) is 7.06. The molecule has 4 fully saturated rings. The van der Waals surface area contributed by atoms with Crippen LogP contribution in [0.5, 0.6) is 0 Å². The van der Waals surface area contributed by atoms with E-state index in [2.05, 4.69) is 204 Å². The van der Waals surface area contributed by atoms with E-state index in [0.717, 1.165) is 29.4 Å². The van der Waals surface area contributed by atoms with Crippen molar-refractivity contribution in [3.05, 3.63) is 205 Å². The minimum atomic E-state index is 0.153.